The fourth-order valence-corrected chi connectivity index (χ4v) is 2.56. The van der Waals surface area contributed by atoms with Crippen LogP contribution in [0, 0.1) is 6.92 Å². The van der Waals surface area contributed by atoms with Crippen molar-refractivity contribution >= 4 is 21.7 Å². The molecule has 0 fully saturated rings. The van der Waals surface area contributed by atoms with Gasteiger partial charge in [0.2, 0.25) is 10.0 Å². The number of anilines is 1. The molecule has 0 aliphatic heterocycles. The van der Waals surface area contributed by atoms with Crippen molar-refractivity contribution in [3.8, 4) is 0 Å². The van der Waals surface area contributed by atoms with Gasteiger partial charge in [-0.1, -0.05) is 13.0 Å². The number of carboxylic acids is 1. The van der Waals surface area contributed by atoms with E-state index in [1.165, 1.54) is 6.07 Å². The van der Waals surface area contributed by atoms with Gasteiger partial charge >= 0.3 is 5.97 Å². The highest BCUT2D eigenvalue weighted by atomic mass is 32.2. The van der Waals surface area contributed by atoms with Gasteiger partial charge in [0.1, 0.15) is 0 Å². The van der Waals surface area contributed by atoms with E-state index in [4.69, 9.17) is 5.11 Å². The lowest BCUT2D eigenvalue weighted by Crippen LogP contribution is -2.29. The maximum atomic E-state index is 11.4. The van der Waals surface area contributed by atoms with E-state index in [2.05, 4.69) is 10.0 Å². The molecule has 0 amide bonds. The van der Waals surface area contributed by atoms with Crippen LogP contribution < -0.4 is 10.0 Å². The molecule has 1 rings (SSSR count). The molecule has 6 nitrogen and oxygen atoms in total. The van der Waals surface area contributed by atoms with Gasteiger partial charge in [-0.05, 0) is 24.6 Å². The normalized spacial score (nSPS) is 11.3. The molecule has 0 aliphatic carbocycles. The Balaban J connectivity index is 2.73. The van der Waals surface area contributed by atoms with E-state index in [9.17, 15) is 13.2 Å². The van der Waals surface area contributed by atoms with Crippen molar-refractivity contribution < 1.29 is 18.3 Å². The molecule has 0 unspecified atom stereocenters. The van der Waals surface area contributed by atoms with Gasteiger partial charge in [0.25, 0.3) is 0 Å². The smallest absolute Gasteiger partial charge is 0.337 e. The minimum Gasteiger partial charge on any atom is -0.478 e. The van der Waals surface area contributed by atoms with Gasteiger partial charge in [-0.15, -0.1) is 0 Å². The third-order valence-corrected chi connectivity index (χ3v) is 3.93. The maximum absolute atomic E-state index is 11.4. The van der Waals surface area contributed by atoms with Gasteiger partial charge in [0, 0.05) is 18.8 Å². The van der Waals surface area contributed by atoms with E-state index in [0.29, 0.717) is 12.2 Å². The third kappa shape index (κ3) is 4.88. The topological polar surface area (TPSA) is 95.5 Å². The van der Waals surface area contributed by atoms with Gasteiger partial charge in [-0.2, -0.15) is 0 Å². The molecule has 3 N–H and O–H groups in total. The zero-order chi connectivity index (χ0) is 14.5. The minimum absolute atomic E-state index is 0.103. The molecular weight excluding hydrogens is 268 g/mol. The summed E-state index contributed by atoms with van der Waals surface area (Å²) in [6.07, 6.45) is 0. The summed E-state index contributed by atoms with van der Waals surface area (Å²) in [5.74, 6) is -1.15. The third-order valence-electron chi connectivity index (χ3n) is 2.46. The molecule has 106 valence electrons. The highest BCUT2D eigenvalue weighted by Crippen LogP contribution is 2.17. The molecule has 1 aromatic rings. The average molecular weight is 286 g/mol. The summed E-state index contributed by atoms with van der Waals surface area (Å²) in [6, 6.07) is 4.88. The molecule has 0 saturated carbocycles. The highest BCUT2D eigenvalue weighted by molar-refractivity contribution is 7.89. The summed E-state index contributed by atoms with van der Waals surface area (Å²) in [5, 5.41) is 11.9. The second kappa shape index (κ2) is 6.53. The van der Waals surface area contributed by atoms with E-state index in [0.717, 1.165) is 5.56 Å². The van der Waals surface area contributed by atoms with E-state index >= 15 is 0 Å². The first-order chi connectivity index (χ1) is 8.85. The zero-order valence-corrected chi connectivity index (χ0v) is 11.8. The van der Waals surface area contributed by atoms with Crippen LogP contribution in [0.2, 0.25) is 0 Å². The van der Waals surface area contributed by atoms with Crippen LogP contribution >= 0.6 is 0 Å². The summed E-state index contributed by atoms with van der Waals surface area (Å²) < 4.78 is 25.3. The molecule has 19 heavy (non-hydrogen) atoms. The largest absolute Gasteiger partial charge is 0.478 e. The van der Waals surface area contributed by atoms with E-state index < -0.39 is 16.0 Å². The van der Waals surface area contributed by atoms with Crippen molar-refractivity contribution in [3.63, 3.8) is 0 Å². The van der Waals surface area contributed by atoms with Crippen molar-refractivity contribution in [2.45, 2.75) is 13.8 Å². The molecule has 0 bridgehead atoms. The number of aromatic carboxylic acids is 1. The summed E-state index contributed by atoms with van der Waals surface area (Å²) in [5.41, 5.74) is 1.47. The highest BCUT2D eigenvalue weighted by Gasteiger charge is 2.12. The fraction of sp³-hybridized carbons (Fsp3) is 0.417. The van der Waals surface area contributed by atoms with Crippen LogP contribution in [-0.2, 0) is 10.0 Å². The second-order valence-corrected chi connectivity index (χ2v) is 6.02. The van der Waals surface area contributed by atoms with Gasteiger partial charge in [0.15, 0.2) is 0 Å². The van der Waals surface area contributed by atoms with Crippen LogP contribution in [-0.4, -0.2) is 38.3 Å². The molecule has 0 heterocycles. The fourth-order valence-electron chi connectivity index (χ4n) is 1.60. The second-order valence-electron chi connectivity index (χ2n) is 4.10. The SMILES string of the molecule is CCNS(=O)(=O)CCNc1cc(C)ccc1C(=O)O. The lowest BCUT2D eigenvalue weighted by atomic mass is 10.1. The Morgan fingerprint density at radius 1 is 1.37 bits per heavy atom. The summed E-state index contributed by atoms with van der Waals surface area (Å²) in [6.45, 7) is 4.03. The first kappa shape index (κ1) is 15.5. The van der Waals surface area contributed by atoms with Gasteiger partial charge < -0.3 is 10.4 Å². The van der Waals surface area contributed by atoms with Gasteiger partial charge in [-0.25, -0.2) is 17.9 Å². The van der Waals surface area contributed by atoms with E-state index in [1.54, 1.807) is 19.1 Å². The molecule has 0 saturated heterocycles. The predicted molar refractivity (Wildman–Crippen MR) is 74.1 cm³/mol. The number of hydrogen-bond acceptors (Lipinski definition) is 4. The standard InChI is InChI=1S/C12H18N2O4S/c1-3-14-19(17,18)7-6-13-11-8-9(2)4-5-10(11)12(15)16/h4-5,8,13-14H,3,6-7H2,1-2H3,(H,15,16). The maximum Gasteiger partial charge on any atom is 0.337 e. The Morgan fingerprint density at radius 3 is 2.63 bits per heavy atom. The number of nitrogens with one attached hydrogen (secondary N) is 2. The Bertz CT molecular complexity index is 555. The summed E-state index contributed by atoms with van der Waals surface area (Å²) >= 11 is 0. The first-order valence-electron chi connectivity index (χ1n) is 5.91. The first-order valence-corrected chi connectivity index (χ1v) is 7.56. The number of sulfonamides is 1. The van der Waals surface area contributed by atoms with Crippen molar-refractivity contribution in [2.75, 3.05) is 24.2 Å². The zero-order valence-electron chi connectivity index (χ0n) is 10.9. The number of carboxylic acid groups (broad SMARTS) is 1. The van der Waals surface area contributed by atoms with Crippen molar-refractivity contribution in [2.24, 2.45) is 0 Å². The Kier molecular flexibility index (Phi) is 5.31. The Morgan fingerprint density at radius 2 is 2.05 bits per heavy atom. The van der Waals surface area contributed by atoms with Crippen LogP contribution in [0.4, 0.5) is 5.69 Å². The van der Waals surface area contributed by atoms with Crippen LogP contribution in [0.3, 0.4) is 0 Å². The molecule has 0 aliphatic rings. The number of benzene rings is 1. The molecule has 0 radical (unpaired) electrons. The molecule has 1 aromatic carbocycles. The van der Waals surface area contributed by atoms with Crippen molar-refractivity contribution in [1.82, 2.24) is 4.72 Å². The molecule has 0 aromatic heterocycles. The summed E-state index contributed by atoms with van der Waals surface area (Å²) in [4.78, 5) is 11.0. The predicted octanol–water partition coefficient (Wildman–Crippen LogP) is 1.04. The van der Waals surface area contributed by atoms with Crippen molar-refractivity contribution in [3.05, 3.63) is 29.3 Å². The van der Waals surface area contributed by atoms with Crippen LogP contribution in [0.15, 0.2) is 18.2 Å². The minimum atomic E-state index is -3.30. The number of hydrogen-bond donors (Lipinski definition) is 3. The van der Waals surface area contributed by atoms with Crippen LogP contribution in [0.25, 0.3) is 0 Å². The average Bonchev–Trinajstić information content (AvgIpc) is 2.28. The Labute approximate surface area is 112 Å². The number of aryl methyl sites for hydroxylation is 1. The van der Waals surface area contributed by atoms with Gasteiger partial charge in [0.05, 0.1) is 11.3 Å². The van der Waals surface area contributed by atoms with Crippen LogP contribution in [0.1, 0.15) is 22.8 Å². The molecule has 7 heteroatoms. The molecule has 0 spiro atoms. The monoisotopic (exact) mass is 286 g/mol. The van der Waals surface area contributed by atoms with Gasteiger partial charge in [-0.3, -0.25) is 0 Å². The quantitative estimate of drug-likeness (QED) is 0.696. The van der Waals surface area contributed by atoms with E-state index in [-0.39, 0.29) is 17.9 Å². The Hall–Kier alpha value is -1.60. The molecule has 0 atom stereocenters. The lowest BCUT2D eigenvalue weighted by molar-refractivity contribution is 0.0698. The number of carbonyl (C=O) groups is 1. The summed E-state index contributed by atoms with van der Waals surface area (Å²) in [7, 11) is -3.30. The lowest BCUT2D eigenvalue weighted by Gasteiger charge is -2.11. The van der Waals surface area contributed by atoms with Crippen molar-refractivity contribution in [1.29, 1.82) is 0 Å². The van der Waals surface area contributed by atoms with E-state index in [1.807, 2.05) is 6.92 Å². The number of rotatable bonds is 7. The molecular formula is C12H18N2O4S. The van der Waals surface area contributed by atoms with Crippen LogP contribution in [0.5, 0.6) is 0 Å².